The van der Waals surface area contributed by atoms with E-state index in [0.717, 1.165) is 12.8 Å². The van der Waals surface area contributed by atoms with Crippen LogP contribution in [0.5, 0.6) is 0 Å². The molecule has 65 valence electrons. The molecule has 0 spiro atoms. The average Bonchev–Trinajstić information content (AvgIpc) is 2.56. The second-order valence-electron chi connectivity index (χ2n) is 2.73. The van der Waals surface area contributed by atoms with Crippen molar-refractivity contribution in [2.45, 2.75) is 12.8 Å². The minimum absolute atomic E-state index is 0.0235. The molecular weight excluding hydrogens is 170 g/mol. The van der Waals surface area contributed by atoms with E-state index < -0.39 is 0 Å². The van der Waals surface area contributed by atoms with Crippen molar-refractivity contribution in [3.63, 3.8) is 0 Å². The molecule has 1 radical (unpaired) electrons. The largest absolute Gasteiger partial charge is 0.330 e. The molecule has 0 amide bonds. The van der Waals surface area contributed by atoms with Gasteiger partial charge in [0.05, 0.1) is 0 Å². The minimum Gasteiger partial charge on any atom is -0.330 e. The van der Waals surface area contributed by atoms with E-state index in [4.69, 9.17) is 5.73 Å². The molecule has 3 heteroatoms. The average molecular weight is 182 g/mol. The van der Waals surface area contributed by atoms with Crippen LogP contribution in [0.4, 0.5) is 0 Å². The standard InChI is InChI=1S/C9H12NOS/c10-3-1-8(6-11)5-9-2-4-12-7-9/h2,4,7-8H,1,3,5,10H2. The first-order valence-electron chi connectivity index (χ1n) is 3.95. The van der Waals surface area contributed by atoms with E-state index in [1.165, 1.54) is 5.56 Å². The maximum atomic E-state index is 10.4. The molecule has 0 saturated heterocycles. The van der Waals surface area contributed by atoms with Crippen molar-refractivity contribution in [3.8, 4) is 0 Å². The first kappa shape index (κ1) is 9.42. The minimum atomic E-state index is -0.0235. The molecule has 1 rings (SSSR count). The molecule has 2 N–H and O–H groups in total. The fraction of sp³-hybridized carbons (Fsp3) is 0.444. The van der Waals surface area contributed by atoms with Gasteiger partial charge in [-0.05, 0) is 41.8 Å². The van der Waals surface area contributed by atoms with Gasteiger partial charge < -0.3 is 5.73 Å². The normalized spacial score (nSPS) is 12.8. The second-order valence-corrected chi connectivity index (χ2v) is 3.51. The monoisotopic (exact) mass is 182 g/mol. The molecule has 2 nitrogen and oxygen atoms in total. The van der Waals surface area contributed by atoms with Crippen LogP contribution in [-0.4, -0.2) is 12.8 Å². The zero-order valence-corrected chi connectivity index (χ0v) is 7.64. The lowest BCUT2D eigenvalue weighted by Gasteiger charge is -2.04. The van der Waals surface area contributed by atoms with Gasteiger partial charge in [-0.25, -0.2) is 0 Å². The van der Waals surface area contributed by atoms with E-state index in [1.54, 1.807) is 11.3 Å². The van der Waals surface area contributed by atoms with E-state index in [-0.39, 0.29) is 5.92 Å². The van der Waals surface area contributed by atoms with Gasteiger partial charge >= 0.3 is 0 Å². The van der Waals surface area contributed by atoms with Crippen LogP contribution in [0, 0.1) is 5.92 Å². The van der Waals surface area contributed by atoms with Crippen molar-refractivity contribution < 1.29 is 4.79 Å². The highest BCUT2D eigenvalue weighted by Crippen LogP contribution is 2.12. The van der Waals surface area contributed by atoms with Crippen molar-refractivity contribution in [1.82, 2.24) is 0 Å². The fourth-order valence-corrected chi connectivity index (χ4v) is 1.78. The van der Waals surface area contributed by atoms with Gasteiger partial charge in [-0.15, -0.1) is 0 Å². The summed E-state index contributed by atoms with van der Waals surface area (Å²) in [5, 5.41) is 4.07. The zero-order valence-electron chi connectivity index (χ0n) is 6.82. The Labute approximate surface area is 76.4 Å². The Morgan fingerprint density at radius 1 is 1.67 bits per heavy atom. The number of carbonyl (C=O) groups excluding carboxylic acids is 1. The quantitative estimate of drug-likeness (QED) is 0.747. The molecule has 1 heterocycles. The van der Waals surface area contributed by atoms with Crippen molar-refractivity contribution in [2.24, 2.45) is 11.7 Å². The molecule has 0 fully saturated rings. The van der Waals surface area contributed by atoms with E-state index in [9.17, 15) is 4.79 Å². The lowest BCUT2D eigenvalue weighted by molar-refractivity contribution is 0.507. The molecule has 0 aliphatic rings. The molecule has 0 aliphatic carbocycles. The lowest BCUT2D eigenvalue weighted by Crippen LogP contribution is -2.11. The number of thiophene rings is 1. The van der Waals surface area contributed by atoms with Gasteiger partial charge in [0.25, 0.3) is 0 Å². The maximum absolute atomic E-state index is 10.4. The summed E-state index contributed by atoms with van der Waals surface area (Å²) in [6.07, 6.45) is 3.53. The van der Waals surface area contributed by atoms with Gasteiger partial charge in [-0.3, -0.25) is 4.79 Å². The Morgan fingerprint density at radius 3 is 3.00 bits per heavy atom. The highest BCUT2D eigenvalue weighted by molar-refractivity contribution is 7.07. The Balaban J connectivity index is 2.42. The third kappa shape index (κ3) is 2.75. The van der Waals surface area contributed by atoms with Crippen LogP contribution in [0.2, 0.25) is 0 Å². The van der Waals surface area contributed by atoms with Crippen molar-refractivity contribution >= 4 is 17.6 Å². The highest BCUT2D eigenvalue weighted by atomic mass is 32.1. The first-order valence-corrected chi connectivity index (χ1v) is 4.90. The van der Waals surface area contributed by atoms with Crippen LogP contribution in [0.15, 0.2) is 16.8 Å². The van der Waals surface area contributed by atoms with Crippen LogP contribution in [-0.2, 0) is 11.2 Å². The van der Waals surface area contributed by atoms with Crippen LogP contribution in [0.1, 0.15) is 12.0 Å². The third-order valence-electron chi connectivity index (χ3n) is 1.74. The van der Waals surface area contributed by atoms with Gasteiger partial charge in [0.15, 0.2) is 0 Å². The fourth-order valence-electron chi connectivity index (χ4n) is 1.10. The smallest absolute Gasteiger partial charge is 0.202 e. The molecule has 0 saturated carbocycles. The Bertz CT molecular complexity index is 220. The van der Waals surface area contributed by atoms with Gasteiger partial charge in [0.1, 0.15) is 0 Å². The predicted molar refractivity (Wildman–Crippen MR) is 50.9 cm³/mol. The van der Waals surface area contributed by atoms with Gasteiger partial charge in [0, 0.05) is 5.92 Å². The summed E-state index contributed by atoms with van der Waals surface area (Å²) >= 11 is 1.65. The topological polar surface area (TPSA) is 43.1 Å². The molecule has 1 atom stereocenters. The SMILES string of the molecule is NCCC([C]=O)Cc1ccsc1. The molecular formula is C9H12NOS. The van der Waals surface area contributed by atoms with E-state index >= 15 is 0 Å². The molecule has 12 heavy (non-hydrogen) atoms. The summed E-state index contributed by atoms with van der Waals surface area (Å²) in [5.41, 5.74) is 6.57. The number of hydrogen-bond acceptors (Lipinski definition) is 3. The summed E-state index contributed by atoms with van der Waals surface area (Å²) in [6.45, 7) is 0.560. The van der Waals surface area contributed by atoms with Gasteiger partial charge in [-0.1, -0.05) is 0 Å². The lowest BCUT2D eigenvalue weighted by atomic mass is 10.00. The predicted octanol–water partition coefficient (Wildman–Crippen LogP) is 1.37. The van der Waals surface area contributed by atoms with E-state index in [1.807, 2.05) is 17.7 Å². The second kappa shape index (κ2) is 5.06. The third-order valence-corrected chi connectivity index (χ3v) is 2.48. The van der Waals surface area contributed by atoms with Crippen LogP contribution >= 0.6 is 11.3 Å². The maximum Gasteiger partial charge on any atom is 0.202 e. The van der Waals surface area contributed by atoms with E-state index in [0.29, 0.717) is 6.54 Å². The Kier molecular flexibility index (Phi) is 3.97. The zero-order chi connectivity index (χ0) is 8.81. The van der Waals surface area contributed by atoms with Crippen LogP contribution in [0.3, 0.4) is 0 Å². The summed E-state index contributed by atoms with van der Waals surface area (Å²) in [7, 11) is 0. The Morgan fingerprint density at radius 2 is 2.50 bits per heavy atom. The molecule has 0 aromatic carbocycles. The number of hydrogen-bond donors (Lipinski definition) is 1. The highest BCUT2D eigenvalue weighted by Gasteiger charge is 2.08. The summed E-state index contributed by atoms with van der Waals surface area (Å²) in [4.78, 5) is 10.4. The van der Waals surface area contributed by atoms with Crippen molar-refractivity contribution in [3.05, 3.63) is 22.4 Å². The summed E-state index contributed by atoms with van der Waals surface area (Å²) in [6, 6.07) is 2.03. The van der Waals surface area contributed by atoms with E-state index in [2.05, 4.69) is 5.38 Å². The van der Waals surface area contributed by atoms with Crippen LogP contribution in [0.25, 0.3) is 0 Å². The molecule has 1 unspecified atom stereocenters. The first-order chi connectivity index (χ1) is 5.86. The molecule has 0 aliphatic heterocycles. The van der Waals surface area contributed by atoms with Crippen molar-refractivity contribution in [1.29, 1.82) is 0 Å². The van der Waals surface area contributed by atoms with Crippen LogP contribution < -0.4 is 5.73 Å². The molecule has 1 aromatic heterocycles. The summed E-state index contributed by atoms with van der Waals surface area (Å²) in [5.74, 6) is -0.0235. The van der Waals surface area contributed by atoms with Crippen molar-refractivity contribution in [2.75, 3.05) is 6.54 Å². The van der Waals surface area contributed by atoms with Gasteiger partial charge in [0.2, 0.25) is 6.29 Å². The molecule has 0 bridgehead atoms. The molecule has 1 aromatic rings. The number of nitrogens with two attached hydrogens (primary N) is 1. The summed E-state index contributed by atoms with van der Waals surface area (Å²) < 4.78 is 0. The number of rotatable bonds is 5. The van der Waals surface area contributed by atoms with Gasteiger partial charge in [-0.2, -0.15) is 11.3 Å². The Hall–Kier alpha value is -0.670.